The Balaban J connectivity index is 2.51. The van der Waals surface area contributed by atoms with Crippen molar-refractivity contribution in [3.05, 3.63) is 67.8 Å². The first kappa shape index (κ1) is 14.3. The van der Waals surface area contributed by atoms with E-state index in [2.05, 4.69) is 4.98 Å². The second kappa shape index (κ2) is 5.30. The summed E-state index contributed by atoms with van der Waals surface area (Å²) in [4.78, 5) is 16.2. The van der Waals surface area contributed by atoms with Gasteiger partial charge in [-0.2, -0.15) is 0 Å². The van der Waals surface area contributed by atoms with Crippen LogP contribution in [0, 0.1) is 5.82 Å². The molecule has 0 N–H and O–H groups in total. The molecule has 1 aromatic carbocycles. The van der Waals surface area contributed by atoms with Gasteiger partial charge in [-0.1, -0.05) is 46.9 Å². The minimum Gasteiger partial charge on any atom is -0.269 e. The van der Waals surface area contributed by atoms with Gasteiger partial charge in [0.1, 0.15) is 0 Å². The number of aromatic nitrogens is 2. The number of fused-ring (bicyclic) bond motifs is 1. The second-order valence-corrected chi connectivity index (χ2v) is 5.42. The number of para-hydroxylation sites is 1. The van der Waals surface area contributed by atoms with E-state index >= 15 is 0 Å². The summed E-state index contributed by atoms with van der Waals surface area (Å²) in [6.07, 6.45) is 0. The van der Waals surface area contributed by atoms with E-state index in [0.717, 1.165) is 6.07 Å². The predicted molar refractivity (Wildman–Crippen MR) is 82.3 cm³/mol. The molecule has 0 radical (unpaired) electrons. The third kappa shape index (κ3) is 2.39. The largest absolute Gasteiger partial charge is 0.269 e. The van der Waals surface area contributed by atoms with Crippen molar-refractivity contribution in [3.63, 3.8) is 0 Å². The van der Waals surface area contributed by atoms with Crippen LogP contribution >= 0.6 is 34.8 Å². The average molecular weight is 344 g/mol. The van der Waals surface area contributed by atoms with Crippen LogP contribution in [-0.4, -0.2) is 9.55 Å². The zero-order valence-electron chi connectivity index (χ0n) is 10.3. The lowest BCUT2D eigenvalue weighted by Crippen LogP contribution is -2.19. The molecule has 106 valence electrons. The molecule has 7 heteroatoms. The summed E-state index contributed by atoms with van der Waals surface area (Å²) in [6.45, 7) is 0. The summed E-state index contributed by atoms with van der Waals surface area (Å²) in [5.41, 5.74) is 0.129. The fourth-order valence-corrected chi connectivity index (χ4v) is 2.61. The monoisotopic (exact) mass is 342 g/mol. The van der Waals surface area contributed by atoms with E-state index in [1.54, 1.807) is 24.3 Å². The Labute approximate surface area is 133 Å². The molecule has 21 heavy (non-hydrogen) atoms. The third-order valence-electron chi connectivity index (χ3n) is 2.95. The molecule has 3 aromatic rings. The number of hydrogen-bond acceptors (Lipinski definition) is 2. The lowest BCUT2D eigenvalue weighted by atomic mass is 10.2. The van der Waals surface area contributed by atoms with Crippen LogP contribution in [-0.2, 0) is 0 Å². The van der Waals surface area contributed by atoms with Crippen molar-refractivity contribution in [3.8, 4) is 5.69 Å². The number of hydrogen-bond donors (Lipinski definition) is 0. The lowest BCUT2D eigenvalue weighted by Gasteiger charge is -2.12. The molecule has 3 rings (SSSR count). The maximum atomic E-state index is 13.6. The number of pyridine rings is 2. The molecule has 0 aliphatic carbocycles. The predicted octanol–water partition coefficient (Wildman–Crippen LogP) is 4.49. The normalized spacial score (nSPS) is 11.0. The number of nitrogens with zero attached hydrogens (tertiary/aromatic N) is 2. The van der Waals surface area contributed by atoms with Crippen LogP contribution in [0.2, 0.25) is 15.2 Å². The third-order valence-corrected chi connectivity index (χ3v) is 3.84. The first-order chi connectivity index (χ1) is 9.99. The van der Waals surface area contributed by atoms with Gasteiger partial charge in [-0.3, -0.25) is 9.36 Å². The van der Waals surface area contributed by atoms with Gasteiger partial charge in [0, 0.05) is 11.5 Å². The van der Waals surface area contributed by atoms with Gasteiger partial charge in [0.25, 0.3) is 5.56 Å². The Morgan fingerprint density at radius 2 is 1.76 bits per heavy atom. The summed E-state index contributed by atoms with van der Waals surface area (Å²) in [7, 11) is 0. The van der Waals surface area contributed by atoms with E-state index in [4.69, 9.17) is 34.8 Å². The molecular formula is C14H6Cl3FN2O. The number of halogens is 4. The van der Waals surface area contributed by atoms with Gasteiger partial charge in [-0.15, -0.1) is 0 Å². The van der Waals surface area contributed by atoms with Crippen LogP contribution in [0.25, 0.3) is 16.7 Å². The molecule has 0 unspecified atom stereocenters. The maximum absolute atomic E-state index is 13.6. The molecule has 3 nitrogen and oxygen atoms in total. The zero-order valence-corrected chi connectivity index (χ0v) is 12.5. The van der Waals surface area contributed by atoms with Crippen molar-refractivity contribution in [1.29, 1.82) is 0 Å². The summed E-state index contributed by atoms with van der Waals surface area (Å²) in [5, 5.41) is 0.384. The van der Waals surface area contributed by atoms with Gasteiger partial charge < -0.3 is 0 Å². The average Bonchev–Trinajstić information content (AvgIpc) is 2.43. The molecule has 0 atom stereocenters. The molecule has 2 heterocycles. The quantitative estimate of drug-likeness (QED) is 0.610. The molecule has 0 aliphatic rings. The Kier molecular flexibility index (Phi) is 3.61. The SMILES string of the molecule is O=c1cc(Cl)c2cc(F)c(Cl)nc2n1-c1ccccc1Cl. The highest BCUT2D eigenvalue weighted by Crippen LogP contribution is 2.28. The molecule has 2 aromatic heterocycles. The van der Waals surface area contributed by atoms with Crippen LogP contribution in [0.5, 0.6) is 0 Å². The molecular weight excluding hydrogens is 338 g/mol. The molecule has 0 amide bonds. The number of benzene rings is 1. The first-order valence-electron chi connectivity index (χ1n) is 5.81. The van der Waals surface area contributed by atoms with Gasteiger partial charge in [-0.25, -0.2) is 9.37 Å². The smallest absolute Gasteiger partial charge is 0.258 e. The van der Waals surface area contributed by atoms with Gasteiger partial charge in [0.15, 0.2) is 16.6 Å². The van der Waals surface area contributed by atoms with E-state index < -0.39 is 11.4 Å². The first-order valence-corrected chi connectivity index (χ1v) is 6.94. The van der Waals surface area contributed by atoms with Crippen molar-refractivity contribution in [2.75, 3.05) is 0 Å². The van der Waals surface area contributed by atoms with Crippen LogP contribution in [0.1, 0.15) is 0 Å². The highest BCUT2D eigenvalue weighted by atomic mass is 35.5. The Morgan fingerprint density at radius 1 is 1.05 bits per heavy atom. The van der Waals surface area contributed by atoms with Gasteiger partial charge >= 0.3 is 0 Å². The van der Waals surface area contributed by atoms with Gasteiger partial charge in [0.05, 0.1) is 15.7 Å². The van der Waals surface area contributed by atoms with Crippen LogP contribution in [0.3, 0.4) is 0 Å². The van der Waals surface area contributed by atoms with Gasteiger partial charge in [0.2, 0.25) is 0 Å². The Bertz CT molecular complexity index is 924. The summed E-state index contributed by atoms with van der Waals surface area (Å²) >= 11 is 17.8. The van der Waals surface area contributed by atoms with Crippen molar-refractivity contribution in [2.24, 2.45) is 0 Å². The van der Waals surface area contributed by atoms with Crippen molar-refractivity contribution >= 4 is 45.8 Å². The minimum atomic E-state index is -0.713. The van der Waals surface area contributed by atoms with Crippen molar-refractivity contribution in [2.45, 2.75) is 0 Å². The van der Waals surface area contributed by atoms with E-state index in [-0.39, 0.29) is 21.2 Å². The molecule has 0 bridgehead atoms. The molecule has 0 saturated carbocycles. The van der Waals surface area contributed by atoms with Crippen molar-refractivity contribution < 1.29 is 4.39 Å². The van der Waals surface area contributed by atoms with Crippen LogP contribution < -0.4 is 5.56 Å². The van der Waals surface area contributed by atoms with Gasteiger partial charge in [-0.05, 0) is 18.2 Å². The molecule has 0 saturated heterocycles. The topological polar surface area (TPSA) is 34.9 Å². The molecule has 0 spiro atoms. The number of rotatable bonds is 1. The maximum Gasteiger partial charge on any atom is 0.258 e. The summed E-state index contributed by atoms with van der Waals surface area (Å²) in [5.74, 6) is -0.713. The fourth-order valence-electron chi connectivity index (χ4n) is 2.02. The Hall–Kier alpha value is -1.62. The molecule has 0 aliphatic heterocycles. The van der Waals surface area contributed by atoms with E-state index in [1.165, 1.54) is 10.6 Å². The Morgan fingerprint density at radius 3 is 2.48 bits per heavy atom. The van der Waals surface area contributed by atoms with E-state index in [9.17, 15) is 9.18 Å². The lowest BCUT2D eigenvalue weighted by molar-refractivity contribution is 0.624. The van der Waals surface area contributed by atoms with Crippen molar-refractivity contribution in [1.82, 2.24) is 9.55 Å². The zero-order chi connectivity index (χ0) is 15.1. The fraction of sp³-hybridized carbons (Fsp3) is 0. The highest BCUT2D eigenvalue weighted by molar-refractivity contribution is 6.36. The van der Waals surface area contributed by atoms with Crippen LogP contribution in [0.4, 0.5) is 4.39 Å². The molecule has 0 fully saturated rings. The summed E-state index contributed by atoms with van der Waals surface area (Å²) < 4.78 is 14.8. The minimum absolute atomic E-state index is 0.0985. The van der Waals surface area contributed by atoms with E-state index in [1.807, 2.05) is 0 Å². The highest BCUT2D eigenvalue weighted by Gasteiger charge is 2.15. The second-order valence-electron chi connectivity index (χ2n) is 4.25. The summed E-state index contributed by atoms with van der Waals surface area (Å²) in [6, 6.07) is 9.06. The van der Waals surface area contributed by atoms with Crippen LogP contribution in [0.15, 0.2) is 41.2 Å². The van der Waals surface area contributed by atoms with E-state index in [0.29, 0.717) is 10.7 Å². The standard InChI is InChI=1S/C14H6Cl3FN2O/c15-8-3-1-2-4-11(8)20-12(21)6-9(16)7-5-10(18)13(17)19-14(7)20/h1-6H.